The van der Waals surface area contributed by atoms with Crippen LogP contribution in [0.25, 0.3) is 0 Å². The van der Waals surface area contributed by atoms with E-state index in [1.54, 1.807) is 4.90 Å². The van der Waals surface area contributed by atoms with E-state index in [0.717, 1.165) is 17.7 Å². The number of nitrogens with zero attached hydrogens (tertiary/aromatic N) is 1. The van der Waals surface area contributed by atoms with Crippen LogP contribution in [0.2, 0.25) is 0 Å². The molecule has 0 unspecified atom stereocenters. The van der Waals surface area contributed by atoms with Crippen molar-refractivity contribution in [2.75, 3.05) is 26.3 Å². The second kappa shape index (κ2) is 6.57. The van der Waals surface area contributed by atoms with E-state index in [-0.39, 0.29) is 18.4 Å². The minimum absolute atomic E-state index is 0.165. The zero-order chi connectivity index (χ0) is 13.7. The van der Waals surface area contributed by atoms with Crippen molar-refractivity contribution in [2.24, 2.45) is 5.92 Å². The van der Waals surface area contributed by atoms with Gasteiger partial charge in [-0.2, -0.15) is 0 Å². The van der Waals surface area contributed by atoms with Crippen molar-refractivity contribution in [3.8, 4) is 5.75 Å². The maximum Gasteiger partial charge on any atom is 0.222 e. The zero-order valence-electron chi connectivity index (χ0n) is 11.3. The molecule has 0 saturated carbocycles. The van der Waals surface area contributed by atoms with Crippen LogP contribution in [0.4, 0.5) is 0 Å². The van der Waals surface area contributed by atoms with Gasteiger partial charge in [-0.25, -0.2) is 0 Å². The highest BCUT2D eigenvalue weighted by Crippen LogP contribution is 2.18. The number of para-hydroxylation sites is 1. The Labute approximate surface area is 114 Å². The van der Waals surface area contributed by atoms with E-state index in [9.17, 15) is 4.79 Å². The molecule has 1 saturated heterocycles. The van der Waals surface area contributed by atoms with Crippen LogP contribution < -0.4 is 4.74 Å². The van der Waals surface area contributed by atoms with E-state index in [2.05, 4.69) is 0 Å². The quantitative estimate of drug-likeness (QED) is 0.793. The first-order valence-electron chi connectivity index (χ1n) is 6.77. The van der Waals surface area contributed by atoms with Gasteiger partial charge < -0.3 is 14.7 Å². The molecule has 1 amide bonds. The summed E-state index contributed by atoms with van der Waals surface area (Å²) in [6, 6.07) is 7.88. The van der Waals surface area contributed by atoms with Crippen LogP contribution in [0.1, 0.15) is 18.4 Å². The van der Waals surface area contributed by atoms with Crippen LogP contribution in [0.5, 0.6) is 5.75 Å². The third-order valence-corrected chi connectivity index (χ3v) is 3.45. The fourth-order valence-corrected chi connectivity index (χ4v) is 2.17. The van der Waals surface area contributed by atoms with E-state index < -0.39 is 0 Å². The first kappa shape index (κ1) is 13.9. The molecule has 1 aromatic carbocycles. The minimum atomic E-state index is 0.165. The number of rotatable bonds is 6. The van der Waals surface area contributed by atoms with E-state index in [4.69, 9.17) is 9.84 Å². The van der Waals surface area contributed by atoms with Gasteiger partial charge in [-0.05, 0) is 25.0 Å². The summed E-state index contributed by atoms with van der Waals surface area (Å²) in [5.74, 6) is 1.34. The number of hydrogen-bond acceptors (Lipinski definition) is 3. The molecule has 0 aliphatic carbocycles. The second-order valence-corrected chi connectivity index (χ2v) is 5.06. The monoisotopic (exact) mass is 263 g/mol. The van der Waals surface area contributed by atoms with Gasteiger partial charge in [0.05, 0.1) is 6.61 Å². The Bertz CT molecular complexity index is 427. The molecule has 1 fully saturated rings. The average molecular weight is 263 g/mol. The molecule has 4 heteroatoms. The normalized spacial score (nSPS) is 15.2. The molecule has 0 aromatic heterocycles. The maximum absolute atomic E-state index is 11.8. The first-order chi connectivity index (χ1) is 9.20. The molecular formula is C15H21NO3. The molecule has 0 bridgehead atoms. The fourth-order valence-electron chi connectivity index (χ4n) is 2.17. The molecule has 1 N–H and O–H groups in total. The van der Waals surface area contributed by atoms with Crippen molar-refractivity contribution in [1.29, 1.82) is 0 Å². The van der Waals surface area contributed by atoms with Crippen LogP contribution in [0, 0.1) is 12.8 Å². The lowest BCUT2D eigenvalue weighted by atomic mass is 10.0. The highest BCUT2D eigenvalue weighted by Gasteiger charge is 2.29. The molecule has 1 aliphatic rings. The smallest absolute Gasteiger partial charge is 0.222 e. The minimum Gasteiger partial charge on any atom is -0.493 e. The highest BCUT2D eigenvalue weighted by molar-refractivity contribution is 5.76. The van der Waals surface area contributed by atoms with Crippen molar-refractivity contribution in [1.82, 2.24) is 4.90 Å². The number of aryl methyl sites for hydroxylation is 1. The van der Waals surface area contributed by atoms with Crippen LogP contribution in [0.15, 0.2) is 24.3 Å². The summed E-state index contributed by atoms with van der Waals surface area (Å²) >= 11 is 0. The van der Waals surface area contributed by atoms with Gasteiger partial charge >= 0.3 is 0 Å². The lowest BCUT2D eigenvalue weighted by Crippen LogP contribution is -2.51. The molecule has 104 valence electrons. The summed E-state index contributed by atoms with van der Waals surface area (Å²) in [5, 5.41) is 8.89. The molecule has 1 heterocycles. The van der Waals surface area contributed by atoms with Gasteiger partial charge in [-0.3, -0.25) is 4.79 Å². The molecule has 4 nitrogen and oxygen atoms in total. The molecular weight excluding hydrogens is 242 g/mol. The second-order valence-electron chi connectivity index (χ2n) is 5.06. The molecule has 1 aromatic rings. The summed E-state index contributed by atoms with van der Waals surface area (Å²) < 4.78 is 5.65. The van der Waals surface area contributed by atoms with Gasteiger partial charge in [-0.1, -0.05) is 18.2 Å². The Kier molecular flexibility index (Phi) is 4.80. The third kappa shape index (κ3) is 3.70. The number of carbonyl (C=O) groups is 1. The Morgan fingerprint density at radius 1 is 1.42 bits per heavy atom. The van der Waals surface area contributed by atoms with Crippen molar-refractivity contribution < 1.29 is 14.6 Å². The van der Waals surface area contributed by atoms with Crippen molar-refractivity contribution >= 4 is 5.91 Å². The van der Waals surface area contributed by atoms with Gasteiger partial charge in [0.1, 0.15) is 5.75 Å². The molecule has 19 heavy (non-hydrogen) atoms. The molecule has 0 radical (unpaired) electrons. The summed E-state index contributed by atoms with van der Waals surface area (Å²) in [6.45, 7) is 4.16. The number of likely N-dealkylation sites (tertiary alicyclic amines) is 1. The Balaban J connectivity index is 1.62. The first-order valence-corrected chi connectivity index (χ1v) is 6.77. The molecule has 1 aliphatic heterocycles. The largest absolute Gasteiger partial charge is 0.493 e. The number of hydrogen-bond donors (Lipinski definition) is 1. The van der Waals surface area contributed by atoms with E-state index in [1.807, 2.05) is 31.2 Å². The Morgan fingerprint density at radius 3 is 2.84 bits per heavy atom. The topological polar surface area (TPSA) is 49.8 Å². The van der Waals surface area contributed by atoms with E-state index in [0.29, 0.717) is 26.1 Å². The SMILES string of the molecule is Cc1ccccc1OCCCC(=O)N1CC(CO)C1. The number of aliphatic hydroxyl groups excluding tert-OH is 1. The van der Waals surface area contributed by atoms with Crippen LogP contribution in [0.3, 0.4) is 0 Å². The predicted octanol–water partition coefficient (Wildman–Crippen LogP) is 1.60. The standard InChI is InChI=1S/C15H21NO3/c1-12-5-2-3-6-14(12)19-8-4-7-15(18)16-9-13(10-16)11-17/h2-3,5-6,13,17H,4,7-11H2,1H3. The molecule has 2 rings (SSSR count). The van der Waals surface area contributed by atoms with E-state index >= 15 is 0 Å². The lowest BCUT2D eigenvalue weighted by molar-refractivity contribution is -0.138. The number of benzene rings is 1. The van der Waals surface area contributed by atoms with Crippen molar-refractivity contribution in [2.45, 2.75) is 19.8 Å². The van der Waals surface area contributed by atoms with Gasteiger partial charge in [-0.15, -0.1) is 0 Å². The highest BCUT2D eigenvalue weighted by atomic mass is 16.5. The van der Waals surface area contributed by atoms with Crippen molar-refractivity contribution in [3.63, 3.8) is 0 Å². The summed E-state index contributed by atoms with van der Waals surface area (Å²) in [6.07, 6.45) is 1.25. The summed E-state index contributed by atoms with van der Waals surface area (Å²) in [7, 11) is 0. The van der Waals surface area contributed by atoms with Gasteiger partial charge in [0.25, 0.3) is 0 Å². The number of aliphatic hydroxyl groups is 1. The van der Waals surface area contributed by atoms with Gasteiger partial charge in [0, 0.05) is 32.0 Å². The zero-order valence-corrected chi connectivity index (χ0v) is 11.3. The Morgan fingerprint density at radius 2 is 2.16 bits per heavy atom. The van der Waals surface area contributed by atoms with Crippen molar-refractivity contribution in [3.05, 3.63) is 29.8 Å². The molecule has 0 atom stereocenters. The van der Waals surface area contributed by atoms with E-state index in [1.165, 1.54) is 0 Å². The fraction of sp³-hybridized carbons (Fsp3) is 0.533. The summed E-state index contributed by atoms with van der Waals surface area (Å²) in [5.41, 5.74) is 1.11. The predicted molar refractivity (Wildman–Crippen MR) is 73.1 cm³/mol. The Hall–Kier alpha value is -1.55. The van der Waals surface area contributed by atoms with Crippen LogP contribution >= 0.6 is 0 Å². The average Bonchev–Trinajstić information content (AvgIpc) is 2.35. The number of amides is 1. The number of carbonyl (C=O) groups excluding carboxylic acids is 1. The third-order valence-electron chi connectivity index (χ3n) is 3.45. The van der Waals surface area contributed by atoms with Crippen LogP contribution in [-0.2, 0) is 4.79 Å². The van der Waals surface area contributed by atoms with Gasteiger partial charge in [0.2, 0.25) is 5.91 Å². The summed E-state index contributed by atoms with van der Waals surface area (Å²) in [4.78, 5) is 13.6. The maximum atomic E-state index is 11.8. The van der Waals surface area contributed by atoms with Gasteiger partial charge in [0.15, 0.2) is 0 Å². The van der Waals surface area contributed by atoms with Crippen LogP contribution in [-0.4, -0.2) is 42.2 Å². The lowest BCUT2D eigenvalue weighted by Gasteiger charge is -2.38. The molecule has 0 spiro atoms. The number of ether oxygens (including phenoxy) is 1.